The van der Waals surface area contributed by atoms with Gasteiger partial charge in [0.05, 0.1) is 6.54 Å². The van der Waals surface area contributed by atoms with Crippen LogP contribution < -0.4 is 11.1 Å². The number of rotatable bonds is 1. The first-order chi connectivity index (χ1) is 8.33. The maximum Gasteiger partial charge on any atom is 0.133 e. The maximum absolute atomic E-state index is 5.65. The number of anilines is 2. The van der Waals surface area contributed by atoms with E-state index in [1.165, 1.54) is 11.1 Å². The second-order valence-corrected chi connectivity index (χ2v) is 4.07. The summed E-state index contributed by atoms with van der Waals surface area (Å²) in [6.45, 7) is 0.757. The second-order valence-electron chi connectivity index (χ2n) is 4.07. The van der Waals surface area contributed by atoms with E-state index in [9.17, 15) is 0 Å². The molecule has 0 spiro atoms. The van der Waals surface area contributed by atoms with Crippen molar-refractivity contribution >= 4 is 17.2 Å². The molecular formula is C14H13N3. The van der Waals surface area contributed by atoms with Crippen LogP contribution >= 0.6 is 0 Å². The summed E-state index contributed by atoms with van der Waals surface area (Å²) in [6, 6.07) is 15.9. The fourth-order valence-corrected chi connectivity index (χ4v) is 1.95. The summed E-state index contributed by atoms with van der Waals surface area (Å²) in [5.41, 5.74) is 9.88. The molecule has 0 aromatic heterocycles. The van der Waals surface area contributed by atoms with Gasteiger partial charge in [-0.25, -0.2) is 0 Å². The fourth-order valence-electron chi connectivity index (χ4n) is 1.95. The minimum Gasteiger partial charge on any atom is -0.399 e. The highest BCUT2D eigenvalue weighted by molar-refractivity contribution is 6.10. The summed E-state index contributed by atoms with van der Waals surface area (Å²) >= 11 is 0. The molecule has 0 atom stereocenters. The Morgan fingerprint density at radius 1 is 1.00 bits per heavy atom. The number of aliphatic imine (C=N–C) groups is 1. The molecule has 3 heteroatoms. The van der Waals surface area contributed by atoms with Gasteiger partial charge in [-0.2, -0.15) is 0 Å². The van der Waals surface area contributed by atoms with Crippen molar-refractivity contribution < 1.29 is 0 Å². The van der Waals surface area contributed by atoms with Gasteiger partial charge in [0.15, 0.2) is 0 Å². The van der Waals surface area contributed by atoms with Crippen molar-refractivity contribution in [1.29, 1.82) is 0 Å². The van der Waals surface area contributed by atoms with Gasteiger partial charge in [0, 0.05) is 16.9 Å². The Morgan fingerprint density at radius 3 is 2.59 bits per heavy atom. The minimum atomic E-state index is 0.757. The average molecular weight is 223 g/mol. The summed E-state index contributed by atoms with van der Waals surface area (Å²) < 4.78 is 0. The normalized spacial score (nSPS) is 13.1. The van der Waals surface area contributed by atoms with E-state index in [-0.39, 0.29) is 0 Å². The Hall–Kier alpha value is -2.29. The molecule has 2 aromatic carbocycles. The molecule has 17 heavy (non-hydrogen) atoms. The van der Waals surface area contributed by atoms with Crippen molar-refractivity contribution in [2.75, 3.05) is 11.1 Å². The molecule has 84 valence electrons. The maximum atomic E-state index is 5.65. The van der Waals surface area contributed by atoms with Crippen molar-refractivity contribution in [1.82, 2.24) is 0 Å². The van der Waals surface area contributed by atoms with E-state index in [1.807, 2.05) is 36.4 Å². The lowest BCUT2D eigenvalue weighted by atomic mass is 10.1. The molecule has 0 fully saturated rings. The zero-order valence-electron chi connectivity index (χ0n) is 9.35. The van der Waals surface area contributed by atoms with E-state index in [0.717, 1.165) is 23.8 Å². The fraction of sp³-hybridized carbons (Fsp3) is 0.0714. The number of fused-ring (bicyclic) bond motifs is 1. The SMILES string of the molecule is Nc1ccc(NC2=NCc3ccccc32)cc1. The summed E-state index contributed by atoms with van der Waals surface area (Å²) in [4.78, 5) is 4.50. The molecule has 0 bridgehead atoms. The van der Waals surface area contributed by atoms with Crippen LogP contribution in [0.3, 0.4) is 0 Å². The molecule has 0 saturated carbocycles. The average Bonchev–Trinajstić information content (AvgIpc) is 2.76. The molecule has 1 heterocycles. The van der Waals surface area contributed by atoms with Gasteiger partial charge in [-0.15, -0.1) is 0 Å². The predicted molar refractivity (Wildman–Crippen MR) is 71.2 cm³/mol. The first-order valence-electron chi connectivity index (χ1n) is 5.58. The number of nitrogen functional groups attached to an aromatic ring is 1. The molecular weight excluding hydrogens is 210 g/mol. The number of nitrogens with zero attached hydrogens (tertiary/aromatic N) is 1. The Bertz CT molecular complexity index is 570. The lowest BCUT2D eigenvalue weighted by Gasteiger charge is -2.07. The monoisotopic (exact) mass is 223 g/mol. The number of benzene rings is 2. The Labute approximate surface area is 100.0 Å². The van der Waals surface area contributed by atoms with E-state index in [1.54, 1.807) is 0 Å². The van der Waals surface area contributed by atoms with Gasteiger partial charge in [-0.1, -0.05) is 24.3 Å². The van der Waals surface area contributed by atoms with Gasteiger partial charge in [-0.05, 0) is 29.8 Å². The molecule has 2 aromatic rings. The van der Waals surface area contributed by atoms with Gasteiger partial charge in [0.2, 0.25) is 0 Å². The van der Waals surface area contributed by atoms with Gasteiger partial charge in [0.25, 0.3) is 0 Å². The molecule has 1 aliphatic heterocycles. The summed E-state index contributed by atoms with van der Waals surface area (Å²) in [6.07, 6.45) is 0. The third-order valence-electron chi connectivity index (χ3n) is 2.85. The standard InChI is InChI=1S/C14H13N3/c15-11-5-7-12(8-6-11)17-14-13-4-2-1-3-10(13)9-16-14/h1-8H,9,15H2,(H,16,17). The van der Waals surface area contributed by atoms with Crippen LogP contribution in [0.2, 0.25) is 0 Å². The zero-order valence-corrected chi connectivity index (χ0v) is 9.35. The molecule has 1 aliphatic rings. The van der Waals surface area contributed by atoms with Crippen LogP contribution in [0.25, 0.3) is 0 Å². The van der Waals surface area contributed by atoms with Crippen LogP contribution in [-0.2, 0) is 6.54 Å². The smallest absolute Gasteiger partial charge is 0.133 e. The van der Waals surface area contributed by atoms with E-state index >= 15 is 0 Å². The zero-order chi connectivity index (χ0) is 11.7. The van der Waals surface area contributed by atoms with Gasteiger partial charge in [-0.3, -0.25) is 4.99 Å². The third-order valence-corrected chi connectivity index (χ3v) is 2.85. The Balaban J connectivity index is 1.86. The summed E-state index contributed by atoms with van der Waals surface area (Å²) in [7, 11) is 0. The van der Waals surface area contributed by atoms with Crippen LogP contribution in [0.15, 0.2) is 53.5 Å². The van der Waals surface area contributed by atoms with Crippen molar-refractivity contribution in [3.8, 4) is 0 Å². The quantitative estimate of drug-likeness (QED) is 0.730. The Kier molecular flexibility index (Phi) is 2.29. The van der Waals surface area contributed by atoms with Crippen molar-refractivity contribution in [2.24, 2.45) is 4.99 Å². The van der Waals surface area contributed by atoms with Crippen LogP contribution in [0.5, 0.6) is 0 Å². The summed E-state index contributed by atoms with van der Waals surface area (Å²) in [5.74, 6) is 0.936. The molecule has 3 rings (SSSR count). The largest absolute Gasteiger partial charge is 0.399 e. The third kappa shape index (κ3) is 1.87. The summed E-state index contributed by atoms with van der Waals surface area (Å²) in [5, 5.41) is 3.32. The highest BCUT2D eigenvalue weighted by Gasteiger charge is 2.14. The highest BCUT2D eigenvalue weighted by Crippen LogP contribution is 2.20. The van der Waals surface area contributed by atoms with E-state index in [0.29, 0.717) is 0 Å². The lowest BCUT2D eigenvalue weighted by molar-refractivity contribution is 1.11. The number of hydrogen-bond acceptors (Lipinski definition) is 3. The molecule has 0 amide bonds. The van der Waals surface area contributed by atoms with Crippen LogP contribution in [0, 0.1) is 0 Å². The number of nitrogens with two attached hydrogens (primary N) is 1. The first-order valence-corrected chi connectivity index (χ1v) is 5.58. The van der Waals surface area contributed by atoms with Gasteiger partial charge in [0.1, 0.15) is 5.84 Å². The molecule has 3 N–H and O–H groups in total. The van der Waals surface area contributed by atoms with Crippen LogP contribution in [-0.4, -0.2) is 5.84 Å². The highest BCUT2D eigenvalue weighted by atomic mass is 15.0. The van der Waals surface area contributed by atoms with Crippen LogP contribution in [0.4, 0.5) is 11.4 Å². The van der Waals surface area contributed by atoms with E-state index < -0.39 is 0 Å². The van der Waals surface area contributed by atoms with Gasteiger partial charge < -0.3 is 11.1 Å². The van der Waals surface area contributed by atoms with Crippen LogP contribution in [0.1, 0.15) is 11.1 Å². The minimum absolute atomic E-state index is 0.757. The van der Waals surface area contributed by atoms with Gasteiger partial charge >= 0.3 is 0 Å². The molecule has 0 aliphatic carbocycles. The number of hydrogen-bond donors (Lipinski definition) is 2. The van der Waals surface area contributed by atoms with Crippen molar-refractivity contribution in [3.63, 3.8) is 0 Å². The molecule has 3 nitrogen and oxygen atoms in total. The first kappa shape index (κ1) is 9.90. The molecule has 0 saturated heterocycles. The van der Waals surface area contributed by atoms with E-state index in [4.69, 9.17) is 5.73 Å². The van der Waals surface area contributed by atoms with Crippen molar-refractivity contribution in [3.05, 3.63) is 59.7 Å². The topological polar surface area (TPSA) is 50.4 Å². The number of nitrogens with one attached hydrogen (secondary N) is 1. The molecule has 0 radical (unpaired) electrons. The second kappa shape index (κ2) is 3.94. The Morgan fingerprint density at radius 2 is 1.76 bits per heavy atom. The lowest BCUT2D eigenvalue weighted by Crippen LogP contribution is -2.11. The predicted octanol–water partition coefficient (Wildman–Crippen LogP) is 2.64. The molecule has 0 unspecified atom stereocenters. The van der Waals surface area contributed by atoms with Crippen molar-refractivity contribution in [2.45, 2.75) is 6.54 Å². The van der Waals surface area contributed by atoms with E-state index in [2.05, 4.69) is 22.4 Å². The number of amidine groups is 1.